The topological polar surface area (TPSA) is 87.8 Å². The van der Waals surface area contributed by atoms with Gasteiger partial charge in [0.15, 0.2) is 11.6 Å². The molecule has 0 saturated heterocycles. The number of aliphatic hydroxyl groups excluding tert-OH is 1. The zero-order valence-electron chi connectivity index (χ0n) is 8.09. The Bertz CT molecular complexity index is 426. The lowest BCUT2D eigenvalue weighted by molar-refractivity contribution is 0.177. The van der Waals surface area contributed by atoms with Crippen molar-refractivity contribution < 1.29 is 5.11 Å². The van der Waals surface area contributed by atoms with Gasteiger partial charge in [0.25, 0.3) is 0 Å². The lowest BCUT2D eigenvalue weighted by atomic mass is 10.2. The molecule has 0 aliphatic rings. The molecule has 0 amide bonds. The Morgan fingerprint density at radius 2 is 2.07 bits per heavy atom. The van der Waals surface area contributed by atoms with Gasteiger partial charge in [0, 0.05) is 12.1 Å². The first-order valence-corrected chi connectivity index (χ1v) is 4.67. The van der Waals surface area contributed by atoms with Crippen LogP contribution < -0.4 is 5.73 Å². The largest absolute Gasteiger partial charge is 0.384 e. The van der Waals surface area contributed by atoms with Crippen LogP contribution in [0.2, 0.25) is 0 Å². The molecule has 0 spiro atoms. The highest BCUT2D eigenvalue weighted by molar-refractivity contribution is 5.53. The van der Waals surface area contributed by atoms with Crippen molar-refractivity contribution in [1.82, 2.24) is 15.2 Å². The van der Waals surface area contributed by atoms with E-state index in [1.165, 1.54) is 0 Å². The predicted octanol–water partition coefficient (Wildman–Crippen LogP) is 0.464. The van der Waals surface area contributed by atoms with Crippen LogP contribution in [0.25, 0.3) is 11.4 Å². The summed E-state index contributed by atoms with van der Waals surface area (Å²) in [6, 6.07) is 9.55. The first-order chi connectivity index (χ1) is 7.31. The molecule has 4 N–H and O–H groups in total. The van der Waals surface area contributed by atoms with E-state index < -0.39 is 6.10 Å². The van der Waals surface area contributed by atoms with E-state index in [-0.39, 0.29) is 6.54 Å². The van der Waals surface area contributed by atoms with Gasteiger partial charge in [-0.3, -0.25) is 5.10 Å². The molecule has 2 rings (SSSR count). The van der Waals surface area contributed by atoms with Gasteiger partial charge in [-0.15, -0.1) is 0 Å². The molecule has 0 aliphatic heterocycles. The van der Waals surface area contributed by atoms with Crippen LogP contribution >= 0.6 is 0 Å². The van der Waals surface area contributed by atoms with Crippen LogP contribution in [0, 0.1) is 0 Å². The maximum atomic E-state index is 9.43. The number of H-pyrrole nitrogens is 1. The average Bonchev–Trinajstić information content (AvgIpc) is 2.78. The van der Waals surface area contributed by atoms with E-state index in [9.17, 15) is 5.11 Å². The quantitative estimate of drug-likeness (QED) is 0.678. The maximum Gasteiger partial charge on any atom is 0.181 e. The molecule has 1 atom stereocenters. The Balaban J connectivity index is 2.28. The number of aliphatic hydroxyl groups is 1. The second-order valence-corrected chi connectivity index (χ2v) is 3.16. The van der Waals surface area contributed by atoms with E-state index in [4.69, 9.17) is 5.73 Å². The third kappa shape index (κ3) is 2.03. The molecular formula is C10H12N4O. The minimum atomic E-state index is -0.782. The molecule has 15 heavy (non-hydrogen) atoms. The molecule has 0 aliphatic carbocycles. The number of aromatic nitrogens is 3. The number of nitrogens with one attached hydrogen (secondary N) is 1. The molecular weight excluding hydrogens is 192 g/mol. The summed E-state index contributed by atoms with van der Waals surface area (Å²) in [5, 5.41) is 16.1. The highest BCUT2D eigenvalue weighted by Crippen LogP contribution is 2.15. The normalized spacial score (nSPS) is 12.7. The van der Waals surface area contributed by atoms with Gasteiger partial charge in [-0.25, -0.2) is 4.98 Å². The van der Waals surface area contributed by atoms with E-state index in [1.54, 1.807) is 0 Å². The standard InChI is InChI=1S/C10H12N4O/c11-6-8(15)10-12-9(13-14-10)7-4-2-1-3-5-7/h1-5,8,15H,6,11H2,(H,12,13,14). The van der Waals surface area contributed by atoms with Crippen molar-refractivity contribution in [2.24, 2.45) is 5.73 Å². The van der Waals surface area contributed by atoms with Gasteiger partial charge in [-0.05, 0) is 0 Å². The van der Waals surface area contributed by atoms with Crippen LogP contribution in [0.15, 0.2) is 30.3 Å². The van der Waals surface area contributed by atoms with Crippen molar-refractivity contribution in [2.45, 2.75) is 6.10 Å². The Hall–Kier alpha value is -1.72. The Morgan fingerprint density at radius 1 is 1.33 bits per heavy atom. The van der Waals surface area contributed by atoms with E-state index in [0.717, 1.165) is 5.56 Å². The summed E-state index contributed by atoms with van der Waals surface area (Å²) in [6.45, 7) is 0.128. The first-order valence-electron chi connectivity index (χ1n) is 4.67. The molecule has 1 aromatic heterocycles. The smallest absolute Gasteiger partial charge is 0.181 e. The fourth-order valence-corrected chi connectivity index (χ4v) is 1.25. The monoisotopic (exact) mass is 204 g/mol. The number of nitrogens with two attached hydrogens (primary N) is 1. The van der Waals surface area contributed by atoms with Crippen molar-refractivity contribution in [3.8, 4) is 11.4 Å². The minimum absolute atomic E-state index is 0.128. The molecule has 1 heterocycles. The summed E-state index contributed by atoms with van der Waals surface area (Å²) in [5.74, 6) is 0.967. The molecule has 5 heteroatoms. The van der Waals surface area contributed by atoms with Crippen LogP contribution in [-0.2, 0) is 0 Å². The van der Waals surface area contributed by atoms with Crippen molar-refractivity contribution in [2.75, 3.05) is 6.54 Å². The second kappa shape index (κ2) is 4.20. The predicted molar refractivity (Wildman–Crippen MR) is 55.8 cm³/mol. The van der Waals surface area contributed by atoms with Crippen LogP contribution in [0.4, 0.5) is 0 Å². The van der Waals surface area contributed by atoms with Crippen molar-refractivity contribution in [3.05, 3.63) is 36.2 Å². The molecule has 5 nitrogen and oxygen atoms in total. The third-order valence-electron chi connectivity index (χ3n) is 2.07. The van der Waals surface area contributed by atoms with E-state index in [1.807, 2.05) is 30.3 Å². The van der Waals surface area contributed by atoms with Gasteiger partial charge >= 0.3 is 0 Å². The number of nitrogens with zero attached hydrogens (tertiary/aromatic N) is 2. The van der Waals surface area contributed by atoms with Gasteiger partial charge in [0.05, 0.1) is 0 Å². The van der Waals surface area contributed by atoms with Gasteiger partial charge in [0.2, 0.25) is 0 Å². The van der Waals surface area contributed by atoms with Crippen molar-refractivity contribution >= 4 is 0 Å². The first kappa shape index (κ1) is 9.82. The summed E-state index contributed by atoms with van der Waals surface area (Å²) >= 11 is 0. The number of rotatable bonds is 3. The molecule has 1 aromatic carbocycles. The molecule has 0 fully saturated rings. The molecule has 0 saturated carbocycles. The Kier molecular flexibility index (Phi) is 2.75. The Labute approximate surface area is 87.0 Å². The minimum Gasteiger partial charge on any atom is -0.384 e. The van der Waals surface area contributed by atoms with Gasteiger partial charge in [-0.1, -0.05) is 30.3 Å². The zero-order chi connectivity index (χ0) is 10.7. The molecule has 0 bridgehead atoms. The van der Waals surface area contributed by atoms with Crippen LogP contribution in [0.3, 0.4) is 0 Å². The van der Waals surface area contributed by atoms with Crippen LogP contribution in [0.1, 0.15) is 11.9 Å². The van der Waals surface area contributed by atoms with Gasteiger partial charge in [0.1, 0.15) is 6.10 Å². The highest BCUT2D eigenvalue weighted by atomic mass is 16.3. The molecule has 0 radical (unpaired) electrons. The van der Waals surface area contributed by atoms with Crippen LogP contribution in [0.5, 0.6) is 0 Å². The number of aromatic amines is 1. The van der Waals surface area contributed by atoms with Crippen molar-refractivity contribution in [3.63, 3.8) is 0 Å². The molecule has 2 aromatic rings. The third-order valence-corrected chi connectivity index (χ3v) is 2.07. The summed E-state index contributed by atoms with van der Waals surface area (Å²) in [4.78, 5) is 4.15. The summed E-state index contributed by atoms with van der Waals surface area (Å²) in [7, 11) is 0. The summed E-state index contributed by atoms with van der Waals surface area (Å²) in [5.41, 5.74) is 6.22. The number of hydrogen-bond acceptors (Lipinski definition) is 4. The lowest BCUT2D eigenvalue weighted by Crippen LogP contribution is -2.12. The SMILES string of the molecule is NCC(O)c1nc(-c2ccccc2)n[nH]1. The van der Waals surface area contributed by atoms with Gasteiger partial charge < -0.3 is 10.8 Å². The molecule has 78 valence electrons. The van der Waals surface area contributed by atoms with Crippen molar-refractivity contribution in [1.29, 1.82) is 0 Å². The highest BCUT2D eigenvalue weighted by Gasteiger charge is 2.11. The fraction of sp³-hybridized carbons (Fsp3) is 0.200. The molecule has 1 unspecified atom stereocenters. The lowest BCUT2D eigenvalue weighted by Gasteiger charge is -2.00. The Morgan fingerprint density at radius 3 is 2.73 bits per heavy atom. The zero-order valence-corrected chi connectivity index (χ0v) is 8.09. The fourth-order valence-electron chi connectivity index (χ4n) is 1.25. The second-order valence-electron chi connectivity index (χ2n) is 3.16. The average molecular weight is 204 g/mol. The number of hydrogen-bond donors (Lipinski definition) is 3. The maximum absolute atomic E-state index is 9.43. The van der Waals surface area contributed by atoms with E-state index >= 15 is 0 Å². The van der Waals surface area contributed by atoms with Crippen LogP contribution in [-0.4, -0.2) is 26.8 Å². The summed E-state index contributed by atoms with van der Waals surface area (Å²) in [6.07, 6.45) is -0.782. The van der Waals surface area contributed by atoms with Gasteiger partial charge in [-0.2, -0.15) is 5.10 Å². The van der Waals surface area contributed by atoms with E-state index in [2.05, 4.69) is 15.2 Å². The number of benzene rings is 1. The van der Waals surface area contributed by atoms with E-state index in [0.29, 0.717) is 11.6 Å². The summed E-state index contributed by atoms with van der Waals surface area (Å²) < 4.78 is 0.